The second-order valence-electron chi connectivity index (χ2n) is 5.46. The van der Waals surface area contributed by atoms with Crippen LogP contribution in [0.25, 0.3) is 0 Å². The van der Waals surface area contributed by atoms with Crippen molar-refractivity contribution in [2.75, 3.05) is 33.4 Å². The van der Waals surface area contributed by atoms with E-state index in [9.17, 15) is 9.50 Å². The minimum absolute atomic E-state index is 0.160. The number of nitrogens with zero attached hydrogens (tertiary/aromatic N) is 1. The summed E-state index contributed by atoms with van der Waals surface area (Å²) in [4.78, 5) is 1.93. The minimum Gasteiger partial charge on any atom is -0.492 e. The number of halogens is 2. The Hall–Kier alpha value is -1.82. The first kappa shape index (κ1) is 18.5. The molecule has 0 aliphatic heterocycles. The number of hydrogen-bond donors (Lipinski definition) is 1. The molecule has 1 N–H and O–H groups in total. The van der Waals surface area contributed by atoms with Crippen LogP contribution in [-0.4, -0.2) is 49.5 Å². The number of hydrogen-bond acceptors (Lipinski definition) is 4. The summed E-state index contributed by atoms with van der Waals surface area (Å²) in [5.41, 5.74) is 0. The molecule has 2 aromatic rings. The lowest BCUT2D eigenvalue weighted by Gasteiger charge is -2.21. The number of para-hydroxylation sites is 1. The first-order valence-electron chi connectivity index (χ1n) is 7.67. The Balaban J connectivity index is 1.65. The molecule has 0 bridgehead atoms. The molecule has 1 atom stereocenters. The van der Waals surface area contributed by atoms with Gasteiger partial charge in [-0.2, -0.15) is 0 Å². The van der Waals surface area contributed by atoms with E-state index in [4.69, 9.17) is 21.1 Å². The SMILES string of the molecule is CN(CCOc1ccc(F)cc1)CC(O)COc1ccccc1Cl. The number of ether oxygens (including phenoxy) is 2. The van der Waals surface area contributed by atoms with Gasteiger partial charge in [-0.3, -0.25) is 0 Å². The highest BCUT2D eigenvalue weighted by Gasteiger charge is 2.10. The predicted molar refractivity (Wildman–Crippen MR) is 92.3 cm³/mol. The number of benzene rings is 2. The summed E-state index contributed by atoms with van der Waals surface area (Å²) < 4.78 is 23.8. The summed E-state index contributed by atoms with van der Waals surface area (Å²) in [6, 6.07) is 13.0. The number of rotatable bonds is 9. The van der Waals surface area contributed by atoms with Crippen LogP contribution in [0.1, 0.15) is 0 Å². The number of aliphatic hydroxyl groups is 1. The molecule has 6 heteroatoms. The van der Waals surface area contributed by atoms with Crippen LogP contribution in [-0.2, 0) is 0 Å². The normalized spacial score (nSPS) is 12.2. The maximum atomic E-state index is 12.8. The average molecular weight is 354 g/mol. The van der Waals surface area contributed by atoms with Crippen LogP contribution < -0.4 is 9.47 Å². The van der Waals surface area contributed by atoms with Gasteiger partial charge in [-0.15, -0.1) is 0 Å². The zero-order valence-electron chi connectivity index (χ0n) is 13.5. The van der Waals surface area contributed by atoms with E-state index in [0.29, 0.717) is 36.2 Å². The third kappa shape index (κ3) is 6.35. The van der Waals surface area contributed by atoms with Crippen LogP contribution in [0.3, 0.4) is 0 Å². The van der Waals surface area contributed by atoms with Crippen molar-refractivity contribution in [2.24, 2.45) is 0 Å². The topological polar surface area (TPSA) is 41.9 Å². The molecule has 24 heavy (non-hydrogen) atoms. The quantitative estimate of drug-likeness (QED) is 0.751. The van der Waals surface area contributed by atoms with Gasteiger partial charge in [-0.25, -0.2) is 4.39 Å². The predicted octanol–water partition coefficient (Wildman–Crippen LogP) is 3.23. The van der Waals surface area contributed by atoms with Gasteiger partial charge in [0.2, 0.25) is 0 Å². The zero-order chi connectivity index (χ0) is 17.4. The molecule has 0 spiro atoms. The van der Waals surface area contributed by atoms with Crippen LogP contribution in [0, 0.1) is 5.82 Å². The standard InChI is InChI=1S/C18H21ClFNO3/c1-21(10-11-23-16-8-6-14(20)7-9-16)12-15(22)13-24-18-5-3-2-4-17(18)19/h2-9,15,22H,10-13H2,1H3. The summed E-state index contributed by atoms with van der Waals surface area (Å²) in [5, 5.41) is 10.5. The third-order valence-corrected chi connectivity index (χ3v) is 3.66. The van der Waals surface area contributed by atoms with Gasteiger partial charge in [0.25, 0.3) is 0 Å². The lowest BCUT2D eigenvalue weighted by Crippen LogP contribution is -2.35. The molecule has 0 radical (unpaired) electrons. The molecule has 0 saturated carbocycles. The Bertz CT molecular complexity index is 624. The summed E-state index contributed by atoms with van der Waals surface area (Å²) >= 11 is 5.99. The van der Waals surface area contributed by atoms with Gasteiger partial charge in [-0.1, -0.05) is 23.7 Å². The van der Waals surface area contributed by atoms with E-state index in [2.05, 4.69) is 0 Å². The first-order chi connectivity index (χ1) is 11.5. The smallest absolute Gasteiger partial charge is 0.138 e. The lowest BCUT2D eigenvalue weighted by atomic mass is 10.3. The molecule has 2 rings (SSSR count). The van der Waals surface area contributed by atoms with Gasteiger partial charge < -0.3 is 19.5 Å². The average Bonchev–Trinajstić information content (AvgIpc) is 2.56. The van der Waals surface area contributed by atoms with Gasteiger partial charge in [0.1, 0.15) is 36.6 Å². The van der Waals surface area contributed by atoms with E-state index in [1.807, 2.05) is 24.1 Å². The molecule has 0 saturated heterocycles. The largest absolute Gasteiger partial charge is 0.492 e. The summed E-state index contributed by atoms with van der Waals surface area (Å²) in [6.07, 6.45) is -0.642. The molecule has 0 aliphatic carbocycles. The third-order valence-electron chi connectivity index (χ3n) is 3.35. The van der Waals surface area contributed by atoms with Crippen LogP contribution in [0.15, 0.2) is 48.5 Å². The van der Waals surface area contributed by atoms with Crippen LogP contribution >= 0.6 is 11.6 Å². The van der Waals surface area contributed by atoms with E-state index in [1.165, 1.54) is 12.1 Å². The fraction of sp³-hybridized carbons (Fsp3) is 0.333. The lowest BCUT2D eigenvalue weighted by molar-refractivity contribution is 0.0723. The molecule has 0 aromatic heterocycles. The highest BCUT2D eigenvalue weighted by atomic mass is 35.5. The molecule has 0 heterocycles. The minimum atomic E-state index is -0.642. The highest BCUT2D eigenvalue weighted by molar-refractivity contribution is 6.32. The van der Waals surface area contributed by atoms with Gasteiger partial charge >= 0.3 is 0 Å². The summed E-state index contributed by atoms with van der Waals surface area (Å²) in [5.74, 6) is 0.883. The zero-order valence-corrected chi connectivity index (χ0v) is 14.2. The second-order valence-corrected chi connectivity index (χ2v) is 5.87. The van der Waals surface area contributed by atoms with Crippen molar-refractivity contribution < 1.29 is 19.0 Å². The van der Waals surface area contributed by atoms with Crippen molar-refractivity contribution in [3.8, 4) is 11.5 Å². The Morgan fingerprint density at radius 2 is 1.83 bits per heavy atom. The Morgan fingerprint density at radius 1 is 1.12 bits per heavy atom. The van der Waals surface area contributed by atoms with E-state index in [-0.39, 0.29) is 12.4 Å². The van der Waals surface area contributed by atoms with Gasteiger partial charge in [0, 0.05) is 13.1 Å². The summed E-state index contributed by atoms with van der Waals surface area (Å²) in [7, 11) is 1.88. The highest BCUT2D eigenvalue weighted by Crippen LogP contribution is 2.23. The molecule has 0 aliphatic rings. The number of likely N-dealkylation sites (N-methyl/N-ethyl adjacent to an activating group) is 1. The molecule has 0 fully saturated rings. The van der Waals surface area contributed by atoms with Crippen LogP contribution in [0.2, 0.25) is 5.02 Å². The fourth-order valence-electron chi connectivity index (χ4n) is 2.10. The molecule has 4 nitrogen and oxygen atoms in total. The van der Waals surface area contributed by atoms with Gasteiger partial charge in [0.15, 0.2) is 0 Å². The number of aliphatic hydroxyl groups excluding tert-OH is 1. The Labute approximate surface area is 146 Å². The van der Waals surface area contributed by atoms with E-state index < -0.39 is 6.10 Å². The first-order valence-corrected chi connectivity index (χ1v) is 8.04. The molecule has 1 unspecified atom stereocenters. The Morgan fingerprint density at radius 3 is 2.54 bits per heavy atom. The fourth-order valence-corrected chi connectivity index (χ4v) is 2.29. The van der Waals surface area contributed by atoms with Crippen molar-refractivity contribution in [3.05, 3.63) is 59.4 Å². The molecular weight excluding hydrogens is 333 g/mol. The van der Waals surface area contributed by atoms with E-state index in [1.54, 1.807) is 24.3 Å². The van der Waals surface area contributed by atoms with Crippen molar-refractivity contribution in [3.63, 3.8) is 0 Å². The van der Waals surface area contributed by atoms with Gasteiger partial charge in [-0.05, 0) is 43.4 Å². The maximum Gasteiger partial charge on any atom is 0.138 e. The molecule has 2 aromatic carbocycles. The molecular formula is C18H21ClFNO3. The van der Waals surface area contributed by atoms with Crippen LogP contribution in [0.5, 0.6) is 11.5 Å². The Kier molecular flexibility index (Phi) is 7.31. The van der Waals surface area contributed by atoms with Crippen molar-refractivity contribution in [1.82, 2.24) is 4.90 Å². The van der Waals surface area contributed by atoms with Crippen LogP contribution in [0.4, 0.5) is 4.39 Å². The molecule has 130 valence electrons. The van der Waals surface area contributed by atoms with Crippen molar-refractivity contribution in [2.45, 2.75) is 6.10 Å². The second kappa shape index (κ2) is 9.47. The monoisotopic (exact) mass is 353 g/mol. The van der Waals surface area contributed by atoms with Crippen molar-refractivity contribution >= 4 is 11.6 Å². The van der Waals surface area contributed by atoms with Gasteiger partial charge in [0.05, 0.1) is 5.02 Å². The molecule has 0 amide bonds. The van der Waals surface area contributed by atoms with E-state index in [0.717, 1.165) is 0 Å². The van der Waals surface area contributed by atoms with E-state index >= 15 is 0 Å². The van der Waals surface area contributed by atoms with Crippen molar-refractivity contribution in [1.29, 1.82) is 0 Å². The maximum absolute atomic E-state index is 12.8. The summed E-state index contributed by atoms with van der Waals surface area (Å²) in [6.45, 7) is 1.67.